The second kappa shape index (κ2) is 13.1. The van der Waals surface area contributed by atoms with Crippen molar-refractivity contribution in [2.24, 2.45) is 17.8 Å². The monoisotopic (exact) mass is 495 g/mol. The summed E-state index contributed by atoms with van der Waals surface area (Å²) in [5.41, 5.74) is 2.21. The van der Waals surface area contributed by atoms with E-state index in [1.54, 1.807) is 0 Å². The summed E-state index contributed by atoms with van der Waals surface area (Å²) in [6.45, 7) is 15.6. The van der Waals surface area contributed by atoms with Gasteiger partial charge in [-0.05, 0) is 47.4 Å². The molecule has 0 saturated carbocycles. The number of rotatable bonds is 11. The van der Waals surface area contributed by atoms with Gasteiger partial charge >= 0.3 is 6.03 Å². The van der Waals surface area contributed by atoms with Crippen LogP contribution in [0.4, 0.5) is 4.79 Å². The van der Waals surface area contributed by atoms with Crippen LogP contribution in [0.2, 0.25) is 0 Å². The number of aliphatic hydroxyl groups excluding tert-OH is 1. The van der Waals surface area contributed by atoms with Gasteiger partial charge < -0.3 is 14.7 Å². The minimum Gasteiger partial charge on any atom is -0.493 e. The molecule has 2 atom stereocenters. The van der Waals surface area contributed by atoms with Crippen molar-refractivity contribution < 1.29 is 14.6 Å². The standard InChI is InChI=1S/C30H45N3O3/c1-22(2)17-32-28(16-25-10-8-7-9-11-25)29(34)20-31(33(30(32)35)18-23(3)4)19-26-12-14-27(15-13-26)36-21-24(5)6/h7-15,22-24,28-29,34H,16-21H2,1-6H3/t28-,29-/m0/s1. The molecule has 36 heavy (non-hydrogen) atoms. The molecule has 3 rings (SSSR count). The minimum absolute atomic E-state index is 0.0215. The van der Waals surface area contributed by atoms with Crippen molar-refractivity contribution in [3.63, 3.8) is 0 Å². The van der Waals surface area contributed by atoms with Gasteiger partial charge in [0.2, 0.25) is 0 Å². The fraction of sp³-hybridized carbons (Fsp3) is 0.567. The van der Waals surface area contributed by atoms with Gasteiger partial charge in [-0.15, -0.1) is 0 Å². The van der Waals surface area contributed by atoms with Crippen molar-refractivity contribution in [3.05, 3.63) is 65.7 Å². The maximum Gasteiger partial charge on any atom is 0.334 e. The number of hydrazine groups is 1. The lowest BCUT2D eigenvalue weighted by atomic mass is 9.98. The highest BCUT2D eigenvalue weighted by Crippen LogP contribution is 2.25. The lowest BCUT2D eigenvalue weighted by Gasteiger charge is -2.37. The van der Waals surface area contributed by atoms with E-state index in [2.05, 4.69) is 65.8 Å². The Kier molecular flexibility index (Phi) is 10.2. The van der Waals surface area contributed by atoms with Crippen LogP contribution < -0.4 is 4.74 Å². The van der Waals surface area contributed by atoms with E-state index >= 15 is 0 Å². The number of hydrogen-bond acceptors (Lipinski definition) is 4. The number of benzene rings is 2. The first kappa shape index (κ1) is 28.0. The van der Waals surface area contributed by atoms with Gasteiger partial charge in [0.15, 0.2) is 0 Å². The highest BCUT2D eigenvalue weighted by molar-refractivity contribution is 5.75. The van der Waals surface area contributed by atoms with E-state index < -0.39 is 6.10 Å². The molecule has 0 radical (unpaired) electrons. The first-order chi connectivity index (χ1) is 17.1. The average Bonchev–Trinajstić information content (AvgIpc) is 2.90. The number of urea groups is 1. The molecule has 6 heteroatoms. The van der Waals surface area contributed by atoms with Crippen molar-refractivity contribution in [1.82, 2.24) is 14.9 Å². The van der Waals surface area contributed by atoms with E-state index in [0.717, 1.165) is 16.9 Å². The highest BCUT2D eigenvalue weighted by Gasteiger charge is 2.40. The Balaban J connectivity index is 1.87. The Morgan fingerprint density at radius 2 is 1.50 bits per heavy atom. The van der Waals surface area contributed by atoms with Gasteiger partial charge in [0.1, 0.15) is 5.75 Å². The predicted molar refractivity (Wildman–Crippen MR) is 146 cm³/mol. The molecule has 0 aliphatic carbocycles. The molecule has 0 aromatic heterocycles. The fourth-order valence-electron chi connectivity index (χ4n) is 4.62. The molecule has 0 spiro atoms. The van der Waals surface area contributed by atoms with Gasteiger partial charge in [-0.3, -0.25) is 5.01 Å². The van der Waals surface area contributed by atoms with Crippen LogP contribution >= 0.6 is 0 Å². The van der Waals surface area contributed by atoms with Crippen LogP contribution in [0.1, 0.15) is 52.7 Å². The number of β-amino-alcohol motifs (C(OH)–C–C–N with tert-alkyl or cyclic N) is 1. The predicted octanol–water partition coefficient (Wildman–Crippen LogP) is 5.46. The Morgan fingerprint density at radius 3 is 2.08 bits per heavy atom. The van der Waals surface area contributed by atoms with Crippen LogP contribution in [0.15, 0.2) is 54.6 Å². The largest absolute Gasteiger partial charge is 0.493 e. The van der Waals surface area contributed by atoms with E-state index in [0.29, 0.717) is 57.0 Å². The number of carbonyl (C=O) groups excluding carboxylic acids is 1. The second-order valence-corrected chi connectivity index (χ2v) is 11.3. The van der Waals surface area contributed by atoms with Gasteiger partial charge in [0, 0.05) is 26.2 Å². The zero-order chi connectivity index (χ0) is 26.2. The van der Waals surface area contributed by atoms with E-state index in [4.69, 9.17) is 4.74 Å². The van der Waals surface area contributed by atoms with Crippen molar-refractivity contribution in [1.29, 1.82) is 0 Å². The van der Waals surface area contributed by atoms with E-state index in [1.165, 1.54) is 0 Å². The average molecular weight is 496 g/mol. The molecular weight excluding hydrogens is 450 g/mol. The van der Waals surface area contributed by atoms with Crippen molar-refractivity contribution in [2.75, 3.05) is 26.2 Å². The molecule has 1 fully saturated rings. The SMILES string of the molecule is CC(C)COc1ccc(CN2C[C@H](O)[C@H](Cc3ccccc3)N(CC(C)C)C(=O)N2CC(C)C)cc1. The summed E-state index contributed by atoms with van der Waals surface area (Å²) in [6.07, 6.45) is -0.0372. The lowest BCUT2D eigenvalue weighted by molar-refractivity contribution is -0.0220. The topological polar surface area (TPSA) is 56.3 Å². The van der Waals surface area contributed by atoms with Gasteiger partial charge in [0.25, 0.3) is 0 Å². The van der Waals surface area contributed by atoms with Gasteiger partial charge in [-0.2, -0.15) is 0 Å². The first-order valence-electron chi connectivity index (χ1n) is 13.4. The van der Waals surface area contributed by atoms with Crippen LogP contribution in [0.25, 0.3) is 0 Å². The summed E-state index contributed by atoms with van der Waals surface area (Å²) in [5, 5.41) is 15.4. The lowest BCUT2D eigenvalue weighted by Crippen LogP contribution is -2.53. The molecule has 2 amide bonds. The molecule has 1 saturated heterocycles. The van der Waals surface area contributed by atoms with Crippen molar-refractivity contribution in [2.45, 2.75) is 66.7 Å². The van der Waals surface area contributed by atoms with E-state index in [-0.39, 0.29) is 12.1 Å². The molecule has 1 aliphatic heterocycles. The zero-order valence-electron chi connectivity index (χ0n) is 22.9. The number of carbonyl (C=O) groups is 1. The third-order valence-electron chi connectivity index (χ3n) is 6.31. The molecule has 2 aromatic carbocycles. The van der Waals surface area contributed by atoms with Gasteiger partial charge in [-0.1, -0.05) is 84.0 Å². The quantitative estimate of drug-likeness (QED) is 0.450. The third kappa shape index (κ3) is 7.97. The second-order valence-electron chi connectivity index (χ2n) is 11.3. The van der Waals surface area contributed by atoms with E-state index in [1.807, 2.05) is 45.2 Å². The molecule has 1 N–H and O–H groups in total. The molecule has 0 unspecified atom stereocenters. The normalized spacial score (nSPS) is 19.4. The summed E-state index contributed by atoms with van der Waals surface area (Å²) in [6, 6.07) is 17.9. The van der Waals surface area contributed by atoms with Crippen LogP contribution in [0.5, 0.6) is 5.75 Å². The summed E-state index contributed by atoms with van der Waals surface area (Å²) in [5.74, 6) is 1.92. The number of hydrogen-bond donors (Lipinski definition) is 1. The Morgan fingerprint density at radius 1 is 0.861 bits per heavy atom. The van der Waals surface area contributed by atoms with Crippen LogP contribution in [-0.2, 0) is 13.0 Å². The number of amides is 2. The fourth-order valence-corrected chi connectivity index (χ4v) is 4.62. The minimum atomic E-state index is -0.668. The maximum atomic E-state index is 14.0. The molecule has 1 heterocycles. The molecule has 198 valence electrons. The molecule has 1 aliphatic rings. The Hall–Kier alpha value is -2.57. The van der Waals surface area contributed by atoms with Crippen LogP contribution in [-0.4, -0.2) is 64.4 Å². The number of ether oxygens (including phenoxy) is 1. The smallest absolute Gasteiger partial charge is 0.334 e. The van der Waals surface area contributed by atoms with Gasteiger partial charge in [0.05, 0.1) is 18.8 Å². The molecular formula is C30H45N3O3. The molecule has 2 aromatic rings. The summed E-state index contributed by atoms with van der Waals surface area (Å²) in [4.78, 5) is 16.0. The van der Waals surface area contributed by atoms with E-state index in [9.17, 15) is 9.90 Å². The molecule has 6 nitrogen and oxygen atoms in total. The maximum absolute atomic E-state index is 14.0. The molecule has 0 bridgehead atoms. The van der Waals surface area contributed by atoms with Crippen molar-refractivity contribution >= 4 is 6.03 Å². The third-order valence-corrected chi connectivity index (χ3v) is 6.31. The van der Waals surface area contributed by atoms with Crippen LogP contribution in [0.3, 0.4) is 0 Å². The van der Waals surface area contributed by atoms with Crippen LogP contribution in [0, 0.1) is 17.8 Å². The number of nitrogens with zero attached hydrogens (tertiary/aromatic N) is 3. The zero-order valence-corrected chi connectivity index (χ0v) is 22.9. The van der Waals surface area contributed by atoms with Crippen molar-refractivity contribution in [3.8, 4) is 5.75 Å². The summed E-state index contributed by atoms with van der Waals surface area (Å²) < 4.78 is 5.84. The Labute approximate surface area is 217 Å². The highest BCUT2D eigenvalue weighted by atomic mass is 16.5. The summed E-state index contributed by atoms with van der Waals surface area (Å²) in [7, 11) is 0. The first-order valence-corrected chi connectivity index (χ1v) is 13.4. The van der Waals surface area contributed by atoms with Gasteiger partial charge in [-0.25, -0.2) is 9.80 Å². The number of aliphatic hydroxyl groups is 1. The Bertz CT molecular complexity index is 930. The summed E-state index contributed by atoms with van der Waals surface area (Å²) >= 11 is 0.